The minimum atomic E-state index is -0.374. The molecule has 3 aromatic rings. The van der Waals surface area contributed by atoms with Gasteiger partial charge in [-0.1, -0.05) is 30.3 Å². The molecule has 1 N–H and O–H groups in total. The number of amides is 2. The van der Waals surface area contributed by atoms with Gasteiger partial charge in [-0.05, 0) is 29.8 Å². The quantitative estimate of drug-likeness (QED) is 0.685. The molecule has 3 rings (SSSR count). The zero-order chi connectivity index (χ0) is 19.8. The van der Waals surface area contributed by atoms with E-state index in [2.05, 4.69) is 15.3 Å². The van der Waals surface area contributed by atoms with Gasteiger partial charge in [0, 0.05) is 37.6 Å². The maximum atomic E-state index is 13.0. The van der Waals surface area contributed by atoms with E-state index in [4.69, 9.17) is 0 Å². The predicted molar refractivity (Wildman–Crippen MR) is 103 cm³/mol. The Morgan fingerprint density at radius 3 is 2.43 bits per heavy atom. The van der Waals surface area contributed by atoms with Crippen molar-refractivity contribution in [1.82, 2.24) is 14.9 Å². The number of carbonyl (C=O) groups excluding carboxylic acids is 2. The van der Waals surface area contributed by atoms with Crippen LogP contribution in [-0.4, -0.2) is 33.2 Å². The highest BCUT2D eigenvalue weighted by Gasteiger charge is 2.18. The third-order valence-corrected chi connectivity index (χ3v) is 4.02. The second kappa shape index (κ2) is 9.36. The third-order valence-electron chi connectivity index (χ3n) is 4.02. The standard InChI is InChI=1S/C21H19FN4O2/c22-17-6-8-18(9-7-17)25-20(27)10-13-26(15-16-4-2-1-3-5-16)21(28)19-14-23-11-12-24-19/h1-9,11-12,14H,10,13,15H2,(H,25,27). The van der Waals surface area contributed by atoms with Crippen molar-refractivity contribution < 1.29 is 14.0 Å². The first-order valence-electron chi connectivity index (χ1n) is 8.76. The van der Waals surface area contributed by atoms with Crippen LogP contribution in [0.2, 0.25) is 0 Å². The molecule has 0 aliphatic heterocycles. The van der Waals surface area contributed by atoms with Gasteiger partial charge in [-0.2, -0.15) is 0 Å². The molecule has 1 aromatic heterocycles. The number of anilines is 1. The Morgan fingerprint density at radius 2 is 1.75 bits per heavy atom. The Labute approximate surface area is 162 Å². The highest BCUT2D eigenvalue weighted by atomic mass is 19.1. The van der Waals surface area contributed by atoms with Crippen molar-refractivity contribution in [3.05, 3.63) is 90.3 Å². The summed E-state index contributed by atoms with van der Waals surface area (Å²) in [6.45, 7) is 0.553. The molecule has 28 heavy (non-hydrogen) atoms. The topological polar surface area (TPSA) is 75.2 Å². The van der Waals surface area contributed by atoms with Gasteiger partial charge in [-0.25, -0.2) is 9.37 Å². The second-order valence-electron chi connectivity index (χ2n) is 6.11. The van der Waals surface area contributed by atoms with Gasteiger partial charge < -0.3 is 10.2 Å². The summed E-state index contributed by atoms with van der Waals surface area (Å²) in [6.07, 6.45) is 4.44. The van der Waals surface area contributed by atoms with Crippen LogP contribution in [0.1, 0.15) is 22.5 Å². The van der Waals surface area contributed by atoms with Crippen LogP contribution in [0.3, 0.4) is 0 Å². The Kier molecular flexibility index (Phi) is 6.41. The summed E-state index contributed by atoms with van der Waals surface area (Å²) in [4.78, 5) is 34.6. The first-order valence-corrected chi connectivity index (χ1v) is 8.76. The van der Waals surface area contributed by atoms with Gasteiger partial charge in [0.25, 0.3) is 5.91 Å². The van der Waals surface area contributed by atoms with E-state index in [1.807, 2.05) is 30.3 Å². The largest absolute Gasteiger partial charge is 0.332 e. The van der Waals surface area contributed by atoms with Crippen LogP contribution in [-0.2, 0) is 11.3 Å². The van der Waals surface area contributed by atoms with E-state index in [1.54, 1.807) is 4.90 Å². The zero-order valence-corrected chi connectivity index (χ0v) is 15.1. The van der Waals surface area contributed by atoms with Crippen molar-refractivity contribution in [1.29, 1.82) is 0 Å². The highest BCUT2D eigenvalue weighted by Crippen LogP contribution is 2.11. The molecule has 142 valence electrons. The number of hydrogen-bond acceptors (Lipinski definition) is 4. The van der Waals surface area contributed by atoms with Gasteiger partial charge in [0.2, 0.25) is 5.91 Å². The average molecular weight is 378 g/mol. The smallest absolute Gasteiger partial charge is 0.274 e. The van der Waals surface area contributed by atoms with Gasteiger partial charge in [-0.15, -0.1) is 0 Å². The Bertz CT molecular complexity index is 918. The van der Waals surface area contributed by atoms with Gasteiger partial charge in [0.05, 0.1) is 6.20 Å². The van der Waals surface area contributed by atoms with Crippen LogP contribution in [0.25, 0.3) is 0 Å². The van der Waals surface area contributed by atoms with Crippen molar-refractivity contribution in [2.45, 2.75) is 13.0 Å². The van der Waals surface area contributed by atoms with Crippen molar-refractivity contribution >= 4 is 17.5 Å². The molecule has 2 aromatic carbocycles. The zero-order valence-electron chi connectivity index (χ0n) is 15.1. The lowest BCUT2D eigenvalue weighted by Crippen LogP contribution is -2.34. The molecule has 0 bridgehead atoms. The summed E-state index contributed by atoms with van der Waals surface area (Å²) < 4.78 is 13.0. The van der Waals surface area contributed by atoms with Gasteiger partial charge in [-0.3, -0.25) is 14.6 Å². The van der Waals surface area contributed by atoms with Gasteiger partial charge in [0.1, 0.15) is 11.5 Å². The summed E-state index contributed by atoms with van der Waals surface area (Å²) in [7, 11) is 0. The van der Waals surface area contributed by atoms with Crippen LogP contribution in [0.4, 0.5) is 10.1 Å². The number of halogens is 1. The van der Waals surface area contributed by atoms with E-state index in [0.717, 1.165) is 5.56 Å². The summed E-state index contributed by atoms with van der Waals surface area (Å²) >= 11 is 0. The minimum absolute atomic E-state index is 0.0935. The molecule has 0 spiro atoms. The maximum absolute atomic E-state index is 13.0. The second-order valence-corrected chi connectivity index (χ2v) is 6.11. The fraction of sp³-hybridized carbons (Fsp3) is 0.143. The molecule has 0 atom stereocenters. The van der Waals surface area contributed by atoms with Gasteiger partial charge >= 0.3 is 0 Å². The fourth-order valence-electron chi connectivity index (χ4n) is 2.62. The van der Waals surface area contributed by atoms with Crippen molar-refractivity contribution in [3.63, 3.8) is 0 Å². The van der Waals surface area contributed by atoms with E-state index in [-0.39, 0.29) is 36.3 Å². The summed E-state index contributed by atoms with van der Waals surface area (Å²) in [5, 5.41) is 2.70. The number of carbonyl (C=O) groups is 2. The molecule has 0 saturated carbocycles. The number of nitrogens with one attached hydrogen (secondary N) is 1. The van der Waals surface area contributed by atoms with Crippen molar-refractivity contribution in [3.8, 4) is 0 Å². The first-order chi connectivity index (χ1) is 13.6. The first kappa shape index (κ1) is 19.2. The predicted octanol–water partition coefficient (Wildman–Crippen LogP) is 3.29. The lowest BCUT2D eigenvalue weighted by Gasteiger charge is -2.22. The molecule has 7 heteroatoms. The van der Waals surface area contributed by atoms with E-state index in [1.165, 1.54) is 42.9 Å². The molecule has 2 amide bonds. The van der Waals surface area contributed by atoms with Crippen LogP contribution in [0.15, 0.2) is 73.2 Å². The molecule has 0 unspecified atom stereocenters. The summed E-state index contributed by atoms with van der Waals surface area (Å²) in [5.74, 6) is -0.940. The van der Waals surface area contributed by atoms with Crippen LogP contribution in [0.5, 0.6) is 0 Å². The molecular formula is C21H19FN4O2. The normalized spacial score (nSPS) is 10.3. The third kappa shape index (κ3) is 5.44. The van der Waals surface area contributed by atoms with Gasteiger partial charge in [0.15, 0.2) is 0 Å². The summed E-state index contributed by atoms with van der Waals surface area (Å²) in [5.41, 5.74) is 1.66. The van der Waals surface area contributed by atoms with Crippen LogP contribution >= 0.6 is 0 Å². The van der Waals surface area contributed by atoms with E-state index in [9.17, 15) is 14.0 Å². The van der Waals surface area contributed by atoms with Crippen molar-refractivity contribution in [2.24, 2.45) is 0 Å². The Morgan fingerprint density at radius 1 is 1.00 bits per heavy atom. The lowest BCUT2D eigenvalue weighted by atomic mass is 10.2. The number of hydrogen-bond donors (Lipinski definition) is 1. The number of nitrogens with zero attached hydrogens (tertiary/aromatic N) is 3. The maximum Gasteiger partial charge on any atom is 0.274 e. The number of rotatable bonds is 7. The fourth-order valence-corrected chi connectivity index (χ4v) is 2.62. The average Bonchev–Trinajstić information content (AvgIpc) is 2.73. The SMILES string of the molecule is O=C(CCN(Cc1ccccc1)C(=O)c1cnccn1)Nc1ccc(F)cc1. The van der Waals surface area contributed by atoms with Crippen molar-refractivity contribution in [2.75, 3.05) is 11.9 Å². The van der Waals surface area contributed by atoms with E-state index < -0.39 is 0 Å². The lowest BCUT2D eigenvalue weighted by molar-refractivity contribution is -0.116. The minimum Gasteiger partial charge on any atom is -0.332 e. The van der Waals surface area contributed by atoms with Crippen LogP contribution < -0.4 is 5.32 Å². The molecule has 1 heterocycles. The monoisotopic (exact) mass is 378 g/mol. The van der Waals surface area contributed by atoms with E-state index in [0.29, 0.717) is 12.2 Å². The molecule has 0 fully saturated rings. The number of benzene rings is 2. The summed E-state index contributed by atoms with van der Waals surface area (Å²) in [6, 6.07) is 15.0. The molecule has 0 aliphatic carbocycles. The molecule has 0 radical (unpaired) electrons. The van der Waals surface area contributed by atoms with Crippen LogP contribution in [0, 0.1) is 5.82 Å². The molecule has 0 saturated heterocycles. The number of aromatic nitrogens is 2. The molecule has 0 aliphatic rings. The highest BCUT2D eigenvalue weighted by molar-refractivity contribution is 5.93. The van der Waals surface area contributed by atoms with E-state index >= 15 is 0 Å². The molecule has 6 nitrogen and oxygen atoms in total. The Balaban J connectivity index is 1.67. The Hall–Kier alpha value is -3.61. The molecular weight excluding hydrogens is 359 g/mol.